The fraction of sp³-hybridized carbons (Fsp3) is 0.692. The van der Waals surface area contributed by atoms with E-state index in [1.54, 1.807) is 11.6 Å². The second-order valence-corrected chi connectivity index (χ2v) is 6.96. The zero-order valence-electron chi connectivity index (χ0n) is 12.0. The van der Waals surface area contributed by atoms with Gasteiger partial charge in [-0.2, -0.15) is 0 Å². The first-order valence-corrected chi connectivity index (χ1v) is 8.46. The molecular formula is C13H23N3O3S. The van der Waals surface area contributed by atoms with Gasteiger partial charge in [0.15, 0.2) is 0 Å². The van der Waals surface area contributed by atoms with Gasteiger partial charge in [-0.25, -0.2) is 13.1 Å². The van der Waals surface area contributed by atoms with E-state index < -0.39 is 10.0 Å². The lowest BCUT2D eigenvalue weighted by Gasteiger charge is -2.19. The molecule has 0 radical (unpaired) electrons. The average molecular weight is 301 g/mol. The fourth-order valence-corrected chi connectivity index (χ4v) is 3.44. The number of aliphatic hydroxyl groups is 1. The van der Waals surface area contributed by atoms with Gasteiger partial charge in [-0.15, -0.1) is 0 Å². The van der Waals surface area contributed by atoms with Gasteiger partial charge in [0, 0.05) is 38.1 Å². The second-order valence-electron chi connectivity index (χ2n) is 5.19. The summed E-state index contributed by atoms with van der Waals surface area (Å²) >= 11 is 0. The summed E-state index contributed by atoms with van der Waals surface area (Å²) in [6, 6.07) is 2.14. The van der Waals surface area contributed by atoms with Gasteiger partial charge < -0.3 is 9.67 Å². The van der Waals surface area contributed by atoms with Crippen LogP contribution in [0.4, 0.5) is 0 Å². The Balaban J connectivity index is 1.92. The van der Waals surface area contributed by atoms with Crippen LogP contribution < -0.4 is 4.72 Å². The summed E-state index contributed by atoms with van der Waals surface area (Å²) < 4.78 is 28.5. The lowest BCUT2D eigenvalue weighted by Crippen LogP contribution is -2.36. The van der Waals surface area contributed by atoms with Gasteiger partial charge in [0.25, 0.3) is 0 Å². The summed E-state index contributed by atoms with van der Waals surface area (Å²) in [6.07, 6.45) is 3.96. The van der Waals surface area contributed by atoms with Crippen LogP contribution in [0.1, 0.15) is 25.5 Å². The molecule has 114 valence electrons. The standard InChI is InChI=1S/C13H23N3O3S/c1-3-16(11-4-5-11)7-6-14-20(18,19)13-8-12(10-17)15(2)9-13/h8-9,11,14,17H,3-7,10H2,1-2H3. The zero-order valence-corrected chi connectivity index (χ0v) is 12.9. The van der Waals surface area contributed by atoms with Crippen molar-refractivity contribution in [3.8, 4) is 0 Å². The number of likely N-dealkylation sites (N-methyl/N-ethyl adjacent to an activating group) is 1. The lowest BCUT2D eigenvalue weighted by atomic mass is 10.4. The Morgan fingerprint density at radius 1 is 1.50 bits per heavy atom. The Morgan fingerprint density at radius 2 is 2.20 bits per heavy atom. The van der Waals surface area contributed by atoms with Crippen molar-refractivity contribution in [2.45, 2.75) is 37.3 Å². The van der Waals surface area contributed by atoms with Gasteiger partial charge in [0.1, 0.15) is 0 Å². The number of rotatable bonds is 8. The van der Waals surface area contributed by atoms with E-state index in [1.807, 2.05) is 0 Å². The molecule has 1 heterocycles. The highest BCUT2D eigenvalue weighted by Crippen LogP contribution is 2.25. The summed E-state index contributed by atoms with van der Waals surface area (Å²) in [6.45, 7) is 4.03. The van der Waals surface area contributed by atoms with Crippen LogP contribution in [0.3, 0.4) is 0 Å². The molecule has 1 aromatic heterocycles. The Bertz CT molecular complexity index is 549. The maximum absolute atomic E-state index is 12.1. The first-order valence-electron chi connectivity index (χ1n) is 6.97. The van der Waals surface area contributed by atoms with Crippen molar-refractivity contribution >= 4 is 10.0 Å². The van der Waals surface area contributed by atoms with Crippen LogP contribution in [0.25, 0.3) is 0 Å². The minimum atomic E-state index is -3.49. The smallest absolute Gasteiger partial charge is 0.242 e. The fourth-order valence-electron chi connectivity index (χ4n) is 2.33. The Morgan fingerprint density at radius 3 is 2.70 bits per heavy atom. The van der Waals surface area contributed by atoms with Gasteiger partial charge >= 0.3 is 0 Å². The van der Waals surface area contributed by atoms with E-state index >= 15 is 0 Å². The van der Waals surface area contributed by atoms with Crippen molar-refractivity contribution in [1.82, 2.24) is 14.2 Å². The SMILES string of the molecule is CCN(CCNS(=O)(=O)c1cc(CO)n(C)c1)C1CC1. The number of nitrogens with zero attached hydrogens (tertiary/aromatic N) is 2. The molecule has 2 N–H and O–H groups in total. The summed E-state index contributed by atoms with van der Waals surface area (Å²) in [7, 11) is -1.77. The quantitative estimate of drug-likeness (QED) is 0.723. The van der Waals surface area contributed by atoms with Gasteiger partial charge in [0.05, 0.1) is 11.5 Å². The Kier molecular flexibility index (Phi) is 4.85. The number of aliphatic hydroxyl groups excluding tert-OH is 1. The molecule has 1 aliphatic rings. The van der Waals surface area contributed by atoms with Crippen molar-refractivity contribution in [1.29, 1.82) is 0 Å². The summed E-state index contributed by atoms with van der Waals surface area (Å²) in [5, 5.41) is 9.10. The molecule has 0 amide bonds. The molecule has 0 spiro atoms. The first-order chi connectivity index (χ1) is 9.47. The average Bonchev–Trinajstić information content (AvgIpc) is 3.17. The highest BCUT2D eigenvalue weighted by atomic mass is 32.2. The topological polar surface area (TPSA) is 74.6 Å². The highest BCUT2D eigenvalue weighted by Gasteiger charge is 2.27. The van der Waals surface area contributed by atoms with Crippen LogP contribution in [-0.2, 0) is 23.7 Å². The monoisotopic (exact) mass is 301 g/mol. The largest absolute Gasteiger partial charge is 0.390 e. The molecule has 1 aromatic rings. The summed E-state index contributed by atoms with van der Waals surface area (Å²) in [5.41, 5.74) is 0.582. The van der Waals surface area contributed by atoms with Crippen molar-refractivity contribution < 1.29 is 13.5 Å². The zero-order chi connectivity index (χ0) is 14.8. The third kappa shape index (κ3) is 3.60. The number of sulfonamides is 1. The maximum atomic E-state index is 12.1. The third-order valence-corrected chi connectivity index (χ3v) is 5.14. The highest BCUT2D eigenvalue weighted by molar-refractivity contribution is 7.89. The van der Waals surface area contributed by atoms with Crippen LogP contribution in [0.5, 0.6) is 0 Å². The molecule has 20 heavy (non-hydrogen) atoms. The molecule has 2 rings (SSSR count). The predicted octanol–water partition coefficient (Wildman–Crippen LogP) is 0.280. The van der Waals surface area contributed by atoms with Crippen molar-refractivity contribution in [3.63, 3.8) is 0 Å². The minimum absolute atomic E-state index is 0.169. The van der Waals surface area contributed by atoms with E-state index in [-0.39, 0.29) is 11.5 Å². The molecule has 0 saturated heterocycles. The molecule has 0 unspecified atom stereocenters. The molecule has 0 atom stereocenters. The molecule has 0 aliphatic heterocycles. The first kappa shape index (κ1) is 15.5. The minimum Gasteiger partial charge on any atom is -0.390 e. The molecule has 1 saturated carbocycles. The van der Waals surface area contributed by atoms with E-state index in [0.29, 0.717) is 18.3 Å². The number of hydrogen-bond donors (Lipinski definition) is 2. The van der Waals surface area contributed by atoms with Crippen LogP contribution in [0.2, 0.25) is 0 Å². The molecule has 1 aliphatic carbocycles. The van der Waals surface area contributed by atoms with Gasteiger partial charge in [-0.3, -0.25) is 4.90 Å². The van der Waals surface area contributed by atoms with Crippen molar-refractivity contribution in [2.24, 2.45) is 7.05 Å². The van der Waals surface area contributed by atoms with Gasteiger partial charge in [0.2, 0.25) is 10.0 Å². The number of aromatic nitrogens is 1. The Labute approximate surface area is 120 Å². The lowest BCUT2D eigenvalue weighted by molar-refractivity contribution is 0.272. The normalized spacial score (nSPS) is 16.0. The third-order valence-electron chi connectivity index (χ3n) is 3.72. The van der Waals surface area contributed by atoms with E-state index in [4.69, 9.17) is 5.11 Å². The van der Waals surface area contributed by atoms with Crippen LogP contribution >= 0.6 is 0 Å². The van der Waals surface area contributed by atoms with E-state index in [1.165, 1.54) is 25.1 Å². The van der Waals surface area contributed by atoms with Gasteiger partial charge in [-0.05, 0) is 25.5 Å². The Hall–Kier alpha value is -0.890. The molecule has 0 bridgehead atoms. The van der Waals surface area contributed by atoms with E-state index in [9.17, 15) is 8.42 Å². The molecule has 1 fully saturated rings. The molecule has 6 nitrogen and oxygen atoms in total. The van der Waals surface area contributed by atoms with Crippen LogP contribution in [0.15, 0.2) is 17.2 Å². The van der Waals surface area contributed by atoms with E-state index in [0.717, 1.165) is 13.1 Å². The summed E-state index contributed by atoms with van der Waals surface area (Å²) in [5.74, 6) is 0. The number of nitrogens with one attached hydrogen (secondary N) is 1. The maximum Gasteiger partial charge on any atom is 0.242 e. The van der Waals surface area contributed by atoms with Gasteiger partial charge in [-0.1, -0.05) is 6.92 Å². The molecule has 7 heteroatoms. The van der Waals surface area contributed by atoms with E-state index in [2.05, 4.69) is 16.5 Å². The number of aryl methyl sites for hydroxylation is 1. The van der Waals surface area contributed by atoms with Crippen LogP contribution in [0, 0.1) is 0 Å². The van der Waals surface area contributed by atoms with Crippen molar-refractivity contribution in [2.75, 3.05) is 19.6 Å². The molecule has 0 aromatic carbocycles. The number of hydrogen-bond acceptors (Lipinski definition) is 4. The van der Waals surface area contributed by atoms with Crippen molar-refractivity contribution in [3.05, 3.63) is 18.0 Å². The molecular weight excluding hydrogens is 278 g/mol. The summed E-state index contributed by atoms with van der Waals surface area (Å²) in [4.78, 5) is 2.51. The predicted molar refractivity (Wildman–Crippen MR) is 76.8 cm³/mol. The van der Waals surface area contributed by atoms with Crippen LogP contribution in [-0.4, -0.2) is 48.7 Å². The second kappa shape index (κ2) is 6.26.